The minimum Gasteiger partial charge on any atom is -0.321 e. The van der Waals surface area contributed by atoms with Crippen molar-refractivity contribution in [1.82, 2.24) is 0 Å². The molecule has 0 unspecified atom stereocenters. The van der Waals surface area contributed by atoms with Gasteiger partial charge in [0.1, 0.15) is 0 Å². The lowest BCUT2D eigenvalue weighted by Crippen LogP contribution is -2.10. The number of nitrogens with one attached hydrogen (secondary N) is 2. The second-order valence-corrected chi connectivity index (χ2v) is 11.6. The van der Waals surface area contributed by atoms with Gasteiger partial charge in [-0.05, 0) is 70.4 Å². The number of anilines is 2. The number of hydrogen-bond donors (Lipinski definition) is 2. The third-order valence-electron chi connectivity index (χ3n) is 7.20. The van der Waals surface area contributed by atoms with Crippen LogP contribution in [-0.4, -0.2) is 11.8 Å². The molecule has 8 rings (SSSR count). The van der Waals surface area contributed by atoms with E-state index < -0.39 is 0 Å². The van der Waals surface area contributed by atoms with Gasteiger partial charge in [0, 0.05) is 41.7 Å². The zero-order chi connectivity index (χ0) is 25.4. The first-order valence-corrected chi connectivity index (χ1v) is 13.9. The fourth-order valence-electron chi connectivity index (χ4n) is 5.39. The van der Waals surface area contributed by atoms with E-state index in [0.29, 0.717) is 11.1 Å². The quantitative estimate of drug-likeness (QED) is 0.223. The SMILES string of the molecule is O=C1Nc2ccc(-c3cc4ccccc4s3)cc2/C1=C1\C(=O)Nc2ccc(-c3cc4ccccc4s3)cc21. The van der Waals surface area contributed by atoms with Gasteiger partial charge in [-0.1, -0.05) is 48.5 Å². The Kier molecular flexibility index (Phi) is 4.53. The van der Waals surface area contributed by atoms with Crippen LogP contribution >= 0.6 is 22.7 Å². The van der Waals surface area contributed by atoms with Gasteiger partial charge in [0.15, 0.2) is 0 Å². The van der Waals surface area contributed by atoms with E-state index in [1.807, 2.05) is 60.7 Å². The third-order valence-corrected chi connectivity index (χ3v) is 9.53. The van der Waals surface area contributed by atoms with E-state index in [1.165, 1.54) is 20.2 Å². The van der Waals surface area contributed by atoms with Crippen molar-refractivity contribution >= 4 is 77.2 Å². The highest BCUT2D eigenvalue weighted by molar-refractivity contribution is 7.22. The average molecular weight is 527 g/mol. The van der Waals surface area contributed by atoms with Crippen LogP contribution in [0.25, 0.3) is 52.2 Å². The van der Waals surface area contributed by atoms with Crippen molar-refractivity contribution < 1.29 is 9.59 Å². The molecule has 180 valence electrons. The Balaban J connectivity index is 1.29. The molecule has 2 aliphatic heterocycles. The zero-order valence-electron chi connectivity index (χ0n) is 19.9. The number of rotatable bonds is 2. The molecule has 0 spiro atoms. The third kappa shape index (κ3) is 3.21. The molecular weight excluding hydrogens is 508 g/mol. The molecular formula is C32H18N2O2S2. The van der Waals surface area contributed by atoms with Gasteiger partial charge in [0.05, 0.1) is 11.1 Å². The number of carbonyl (C=O) groups excluding carboxylic acids is 2. The maximum atomic E-state index is 13.3. The average Bonchev–Trinajstić information content (AvgIpc) is 3.69. The molecule has 2 aliphatic rings. The number of hydrogen-bond acceptors (Lipinski definition) is 4. The first kappa shape index (κ1) is 21.6. The van der Waals surface area contributed by atoms with E-state index in [2.05, 4.69) is 47.0 Å². The first-order chi connectivity index (χ1) is 18.6. The smallest absolute Gasteiger partial charge is 0.257 e. The lowest BCUT2D eigenvalue weighted by Gasteiger charge is -2.07. The number of fused-ring (bicyclic) bond motifs is 4. The molecule has 2 N–H and O–H groups in total. The Labute approximate surface area is 225 Å². The molecule has 4 aromatic carbocycles. The summed E-state index contributed by atoms with van der Waals surface area (Å²) in [5, 5.41) is 8.33. The Morgan fingerprint density at radius 1 is 0.500 bits per heavy atom. The molecule has 38 heavy (non-hydrogen) atoms. The normalized spacial score (nSPS) is 16.1. The minimum absolute atomic E-state index is 0.251. The van der Waals surface area contributed by atoms with Crippen LogP contribution in [0.1, 0.15) is 11.1 Å². The zero-order valence-corrected chi connectivity index (χ0v) is 21.5. The highest BCUT2D eigenvalue weighted by Crippen LogP contribution is 2.46. The molecule has 0 atom stereocenters. The van der Waals surface area contributed by atoms with E-state index in [1.54, 1.807) is 22.7 Å². The van der Waals surface area contributed by atoms with Gasteiger partial charge < -0.3 is 10.6 Å². The van der Waals surface area contributed by atoms with Crippen molar-refractivity contribution in [2.45, 2.75) is 0 Å². The maximum absolute atomic E-state index is 13.3. The lowest BCUT2D eigenvalue weighted by atomic mass is 9.94. The second-order valence-electron chi connectivity index (χ2n) is 9.48. The Hall–Kier alpha value is -4.52. The summed E-state index contributed by atoms with van der Waals surface area (Å²) in [5.41, 5.74) is 5.87. The summed E-state index contributed by atoms with van der Waals surface area (Å²) < 4.78 is 2.43. The molecule has 0 radical (unpaired) electrons. The second kappa shape index (κ2) is 7.99. The molecule has 0 saturated heterocycles. The van der Waals surface area contributed by atoms with E-state index in [-0.39, 0.29) is 11.8 Å². The Bertz CT molecular complexity index is 1820. The molecule has 2 aromatic heterocycles. The van der Waals surface area contributed by atoms with Gasteiger partial charge in [0.2, 0.25) is 0 Å². The van der Waals surface area contributed by atoms with Crippen molar-refractivity contribution in [2.24, 2.45) is 0 Å². The summed E-state index contributed by atoms with van der Waals surface area (Å²) in [4.78, 5) is 28.8. The van der Waals surface area contributed by atoms with Gasteiger partial charge >= 0.3 is 0 Å². The maximum Gasteiger partial charge on any atom is 0.257 e. The van der Waals surface area contributed by atoms with Crippen LogP contribution in [-0.2, 0) is 9.59 Å². The van der Waals surface area contributed by atoms with E-state index in [4.69, 9.17) is 0 Å². The van der Waals surface area contributed by atoms with Crippen LogP contribution in [0, 0.1) is 0 Å². The predicted octanol–water partition coefficient (Wildman–Crippen LogP) is 8.27. The largest absolute Gasteiger partial charge is 0.321 e. The van der Waals surface area contributed by atoms with Crippen molar-refractivity contribution in [3.8, 4) is 20.9 Å². The van der Waals surface area contributed by atoms with Gasteiger partial charge in [-0.3, -0.25) is 9.59 Å². The van der Waals surface area contributed by atoms with Gasteiger partial charge in [-0.2, -0.15) is 0 Å². The fraction of sp³-hybridized carbons (Fsp3) is 0. The monoisotopic (exact) mass is 526 g/mol. The summed E-state index contributed by atoms with van der Waals surface area (Å²) in [6.07, 6.45) is 0. The van der Waals surface area contributed by atoms with Crippen LogP contribution in [0.15, 0.2) is 97.1 Å². The minimum atomic E-state index is -0.251. The van der Waals surface area contributed by atoms with Gasteiger partial charge in [0.25, 0.3) is 11.8 Å². The van der Waals surface area contributed by atoms with Crippen LogP contribution in [0.5, 0.6) is 0 Å². The highest BCUT2D eigenvalue weighted by Gasteiger charge is 2.35. The first-order valence-electron chi connectivity index (χ1n) is 12.3. The van der Waals surface area contributed by atoms with Gasteiger partial charge in [-0.25, -0.2) is 0 Å². The summed E-state index contributed by atoms with van der Waals surface area (Å²) in [6, 6.07) is 32.9. The van der Waals surface area contributed by atoms with Crippen LogP contribution < -0.4 is 10.6 Å². The highest BCUT2D eigenvalue weighted by atomic mass is 32.1. The molecule has 4 nitrogen and oxygen atoms in total. The molecule has 0 fully saturated rings. The van der Waals surface area contributed by atoms with Crippen molar-refractivity contribution in [2.75, 3.05) is 10.6 Å². The summed E-state index contributed by atoms with van der Waals surface area (Å²) in [5.74, 6) is -0.502. The van der Waals surface area contributed by atoms with E-state index >= 15 is 0 Å². The fourth-order valence-corrected chi connectivity index (χ4v) is 7.50. The lowest BCUT2D eigenvalue weighted by molar-refractivity contribution is -0.112. The number of thiophene rings is 2. The van der Waals surface area contributed by atoms with Crippen LogP contribution in [0.4, 0.5) is 11.4 Å². The van der Waals surface area contributed by atoms with E-state index in [0.717, 1.165) is 43.4 Å². The molecule has 0 aliphatic carbocycles. The number of carbonyl (C=O) groups is 2. The van der Waals surface area contributed by atoms with Gasteiger partial charge in [-0.15, -0.1) is 22.7 Å². The summed E-state index contributed by atoms with van der Waals surface area (Å²) in [7, 11) is 0. The van der Waals surface area contributed by atoms with Crippen LogP contribution in [0.2, 0.25) is 0 Å². The molecule has 2 amide bonds. The molecule has 6 aromatic rings. The van der Waals surface area contributed by atoms with Crippen LogP contribution in [0.3, 0.4) is 0 Å². The topological polar surface area (TPSA) is 58.2 Å². The number of amides is 2. The van der Waals surface area contributed by atoms with Crippen molar-refractivity contribution in [1.29, 1.82) is 0 Å². The summed E-state index contributed by atoms with van der Waals surface area (Å²) >= 11 is 3.44. The number of benzene rings is 4. The summed E-state index contributed by atoms with van der Waals surface area (Å²) in [6.45, 7) is 0. The molecule has 4 heterocycles. The predicted molar refractivity (Wildman–Crippen MR) is 159 cm³/mol. The molecule has 0 saturated carbocycles. The van der Waals surface area contributed by atoms with Crippen molar-refractivity contribution in [3.63, 3.8) is 0 Å². The Morgan fingerprint density at radius 3 is 1.39 bits per heavy atom. The standard InChI is InChI=1S/C32H18N2O2S2/c35-31-29(21-13-19(9-11-23(21)33-31)27-15-17-5-1-3-7-25(17)37-27)30-22-14-20(10-12-24(22)34-32(30)36)28-16-18-6-2-4-8-26(18)38-28/h1-16H,(H,33,35)(H,34,36)/b30-29+. The van der Waals surface area contributed by atoms with Crippen molar-refractivity contribution in [3.05, 3.63) is 108 Å². The molecule has 6 heteroatoms. The van der Waals surface area contributed by atoms with E-state index in [9.17, 15) is 9.59 Å². The molecule has 0 bridgehead atoms. The Morgan fingerprint density at radius 2 is 0.947 bits per heavy atom.